The number of hydrogen-bond acceptors (Lipinski definition) is 1. The summed E-state index contributed by atoms with van der Waals surface area (Å²) in [5, 5.41) is 0. The summed E-state index contributed by atoms with van der Waals surface area (Å²) in [5.41, 5.74) is 0.838. The third-order valence-electron chi connectivity index (χ3n) is 0.823. The highest BCUT2D eigenvalue weighted by atomic mass is 19.1. The van der Waals surface area contributed by atoms with E-state index in [0.29, 0.717) is 0 Å². The van der Waals surface area contributed by atoms with Gasteiger partial charge in [0.25, 0.3) is 0 Å². The molecule has 0 rings (SSSR count). The Labute approximate surface area is 54.6 Å². The highest BCUT2D eigenvalue weighted by molar-refractivity contribution is 5.93. The van der Waals surface area contributed by atoms with Crippen LogP contribution in [0, 0.1) is 0 Å². The van der Waals surface area contributed by atoms with Gasteiger partial charge in [0, 0.05) is 0 Å². The maximum absolute atomic E-state index is 12.1. The van der Waals surface area contributed by atoms with Crippen molar-refractivity contribution in [2.45, 2.75) is 26.9 Å². The Bertz CT molecular complexity index is 132. The third-order valence-corrected chi connectivity index (χ3v) is 0.823. The van der Waals surface area contributed by atoms with Crippen LogP contribution in [0.2, 0.25) is 0 Å². The molecule has 52 valence electrons. The average molecular weight is 130 g/mol. The van der Waals surface area contributed by atoms with Crippen LogP contribution in [-0.4, -0.2) is 12.0 Å². The Morgan fingerprint density at radius 3 is 2.11 bits per heavy atom. The van der Waals surface area contributed by atoms with Crippen LogP contribution in [0.5, 0.6) is 0 Å². The van der Waals surface area contributed by atoms with Gasteiger partial charge in [0.15, 0.2) is 12.0 Å². The van der Waals surface area contributed by atoms with Gasteiger partial charge in [-0.25, -0.2) is 4.39 Å². The second-order valence-electron chi connectivity index (χ2n) is 2.24. The van der Waals surface area contributed by atoms with Gasteiger partial charge in [0.05, 0.1) is 0 Å². The highest BCUT2D eigenvalue weighted by Crippen LogP contribution is 1.96. The topological polar surface area (TPSA) is 17.1 Å². The molecule has 0 aliphatic rings. The van der Waals surface area contributed by atoms with Crippen molar-refractivity contribution in [2.24, 2.45) is 0 Å². The molecule has 0 fully saturated rings. The van der Waals surface area contributed by atoms with E-state index in [9.17, 15) is 9.18 Å². The van der Waals surface area contributed by atoms with E-state index in [4.69, 9.17) is 0 Å². The van der Waals surface area contributed by atoms with E-state index in [1.807, 2.05) is 0 Å². The first-order valence-electron chi connectivity index (χ1n) is 2.87. The number of allylic oxidation sites excluding steroid dienone is 2. The first-order valence-corrected chi connectivity index (χ1v) is 2.87. The second kappa shape index (κ2) is 3.38. The first kappa shape index (κ1) is 8.34. The predicted molar refractivity (Wildman–Crippen MR) is 35.0 cm³/mol. The van der Waals surface area contributed by atoms with Crippen molar-refractivity contribution in [3.05, 3.63) is 11.6 Å². The van der Waals surface area contributed by atoms with Crippen LogP contribution in [0.15, 0.2) is 11.6 Å². The summed E-state index contributed by atoms with van der Waals surface area (Å²) in [6.45, 7) is 4.77. The third kappa shape index (κ3) is 3.88. The van der Waals surface area contributed by atoms with Gasteiger partial charge in [-0.2, -0.15) is 0 Å². The number of halogens is 1. The van der Waals surface area contributed by atoms with Gasteiger partial charge in [0.2, 0.25) is 0 Å². The van der Waals surface area contributed by atoms with Crippen LogP contribution in [0.4, 0.5) is 4.39 Å². The lowest BCUT2D eigenvalue weighted by atomic mass is 10.2. The van der Waals surface area contributed by atoms with Crippen LogP contribution < -0.4 is 0 Å². The van der Waals surface area contributed by atoms with Crippen LogP contribution in [0.1, 0.15) is 20.8 Å². The Hall–Kier alpha value is -0.660. The summed E-state index contributed by atoms with van der Waals surface area (Å²) in [6.07, 6.45) is -0.0510. The van der Waals surface area contributed by atoms with Crippen molar-refractivity contribution < 1.29 is 9.18 Å². The zero-order chi connectivity index (χ0) is 7.44. The minimum absolute atomic E-state index is 0.449. The van der Waals surface area contributed by atoms with Gasteiger partial charge in [-0.05, 0) is 26.8 Å². The monoisotopic (exact) mass is 130 g/mol. The molecule has 0 spiro atoms. The molecule has 0 bridgehead atoms. The Morgan fingerprint density at radius 1 is 1.56 bits per heavy atom. The van der Waals surface area contributed by atoms with Crippen molar-refractivity contribution in [1.82, 2.24) is 0 Å². The molecule has 0 radical (unpaired) electrons. The lowest BCUT2D eigenvalue weighted by molar-refractivity contribution is -0.118. The number of carbonyl (C=O) groups is 1. The molecule has 0 aromatic carbocycles. The lowest BCUT2D eigenvalue weighted by Gasteiger charge is -1.93. The maximum Gasteiger partial charge on any atom is 0.189 e. The maximum atomic E-state index is 12.1. The molecule has 0 N–H and O–H groups in total. The van der Waals surface area contributed by atoms with Crippen LogP contribution >= 0.6 is 0 Å². The van der Waals surface area contributed by atoms with Crippen LogP contribution in [0.3, 0.4) is 0 Å². The smallest absolute Gasteiger partial charge is 0.189 e. The molecule has 0 amide bonds. The molecule has 1 atom stereocenters. The van der Waals surface area contributed by atoms with Crippen LogP contribution in [-0.2, 0) is 4.79 Å². The Morgan fingerprint density at radius 2 is 2.00 bits per heavy atom. The fraction of sp³-hybridized carbons (Fsp3) is 0.571. The van der Waals surface area contributed by atoms with E-state index >= 15 is 0 Å². The first-order chi connectivity index (χ1) is 4.04. The summed E-state index contributed by atoms with van der Waals surface area (Å²) in [4.78, 5) is 10.5. The number of rotatable bonds is 2. The van der Waals surface area contributed by atoms with Gasteiger partial charge in [-0.1, -0.05) is 5.57 Å². The summed E-state index contributed by atoms with van der Waals surface area (Å²) < 4.78 is 12.1. The van der Waals surface area contributed by atoms with E-state index in [0.717, 1.165) is 5.57 Å². The van der Waals surface area contributed by atoms with E-state index in [2.05, 4.69) is 0 Å². The quantitative estimate of drug-likeness (QED) is 0.521. The van der Waals surface area contributed by atoms with Crippen LogP contribution in [0.25, 0.3) is 0 Å². The standard InChI is InChI=1S/C7H11FO/c1-5(2)4-7(9)6(3)8/h4,6H,1-3H3. The van der Waals surface area contributed by atoms with E-state index < -0.39 is 12.0 Å². The van der Waals surface area contributed by atoms with Gasteiger partial charge in [-0.3, -0.25) is 4.79 Å². The summed E-state index contributed by atoms with van der Waals surface area (Å²) in [7, 11) is 0. The molecule has 1 unspecified atom stereocenters. The van der Waals surface area contributed by atoms with E-state index in [1.165, 1.54) is 13.0 Å². The summed E-state index contributed by atoms with van der Waals surface area (Å²) in [6, 6.07) is 0. The van der Waals surface area contributed by atoms with Gasteiger partial charge >= 0.3 is 0 Å². The molecule has 1 nitrogen and oxygen atoms in total. The van der Waals surface area contributed by atoms with E-state index in [-0.39, 0.29) is 0 Å². The SMILES string of the molecule is CC(C)=CC(=O)C(C)F. The Balaban J connectivity index is 3.93. The van der Waals surface area contributed by atoms with Gasteiger partial charge in [-0.15, -0.1) is 0 Å². The van der Waals surface area contributed by atoms with Gasteiger partial charge in [0.1, 0.15) is 0 Å². The molecule has 0 saturated heterocycles. The average Bonchev–Trinajstić information content (AvgIpc) is 1.63. The number of alkyl halides is 1. The lowest BCUT2D eigenvalue weighted by Crippen LogP contribution is -2.07. The molecule has 0 aromatic rings. The van der Waals surface area contributed by atoms with Crippen molar-refractivity contribution in [1.29, 1.82) is 0 Å². The largest absolute Gasteiger partial charge is 0.292 e. The van der Waals surface area contributed by atoms with Crippen molar-refractivity contribution in [2.75, 3.05) is 0 Å². The minimum atomic E-state index is -1.36. The normalized spacial score (nSPS) is 12.4. The van der Waals surface area contributed by atoms with Crippen molar-refractivity contribution in [3.8, 4) is 0 Å². The van der Waals surface area contributed by atoms with E-state index in [1.54, 1.807) is 13.8 Å². The predicted octanol–water partition coefficient (Wildman–Crippen LogP) is 1.88. The number of ketones is 1. The molecule has 0 aliphatic heterocycles. The molecule has 2 heteroatoms. The molecule has 0 saturated carbocycles. The molecule has 0 aromatic heterocycles. The van der Waals surface area contributed by atoms with Crippen molar-refractivity contribution in [3.63, 3.8) is 0 Å². The molecule has 0 heterocycles. The molecular weight excluding hydrogens is 119 g/mol. The molecular formula is C7H11FO. The summed E-state index contributed by atoms with van der Waals surface area (Å²) in [5.74, 6) is -0.449. The molecule has 0 aliphatic carbocycles. The minimum Gasteiger partial charge on any atom is -0.292 e. The zero-order valence-corrected chi connectivity index (χ0v) is 5.94. The highest BCUT2D eigenvalue weighted by Gasteiger charge is 2.05. The fourth-order valence-corrected chi connectivity index (χ4v) is 0.399. The number of hydrogen-bond donors (Lipinski definition) is 0. The number of carbonyl (C=O) groups excluding carboxylic acids is 1. The van der Waals surface area contributed by atoms with Crippen molar-refractivity contribution >= 4 is 5.78 Å². The second-order valence-corrected chi connectivity index (χ2v) is 2.24. The molecule has 9 heavy (non-hydrogen) atoms. The Kier molecular flexibility index (Phi) is 3.13. The fourth-order valence-electron chi connectivity index (χ4n) is 0.399. The van der Waals surface area contributed by atoms with Gasteiger partial charge < -0.3 is 0 Å². The summed E-state index contributed by atoms with van der Waals surface area (Å²) >= 11 is 0. The zero-order valence-electron chi connectivity index (χ0n) is 5.94.